The first-order valence-corrected chi connectivity index (χ1v) is 11.2. The van der Waals surface area contributed by atoms with Gasteiger partial charge in [-0.3, -0.25) is 9.69 Å². The quantitative estimate of drug-likeness (QED) is 0.565. The maximum absolute atomic E-state index is 13.2. The van der Waals surface area contributed by atoms with Crippen LogP contribution in [0, 0.1) is 5.82 Å². The van der Waals surface area contributed by atoms with Crippen molar-refractivity contribution >= 4 is 23.2 Å². The molecule has 1 unspecified atom stereocenters. The molecule has 0 spiro atoms. The number of amides is 1. The predicted molar refractivity (Wildman–Crippen MR) is 128 cm³/mol. The van der Waals surface area contributed by atoms with Gasteiger partial charge in [0.25, 0.3) is 5.91 Å². The summed E-state index contributed by atoms with van der Waals surface area (Å²) in [7, 11) is 0. The lowest BCUT2D eigenvalue weighted by Crippen LogP contribution is -2.51. The number of nitrogens with zero attached hydrogens (tertiary/aromatic N) is 2. The summed E-state index contributed by atoms with van der Waals surface area (Å²) < 4.78 is 13.2. The number of halogens is 2. The molecule has 1 fully saturated rings. The second-order valence-electron chi connectivity index (χ2n) is 8.21. The van der Waals surface area contributed by atoms with Gasteiger partial charge in [-0.2, -0.15) is 0 Å². The van der Waals surface area contributed by atoms with E-state index in [1.807, 2.05) is 24.3 Å². The molecule has 1 saturated heterocycles. The summed E-state index contributed by atoms with van der Waals surface area (Å²) in [4.78, 5) is 17.3. The molecule has 166 valence electrons. The number of nitrogens with one attached hydrogen (secondary N) is 1. The summed E-state index contributed by atoms with van der Waals surface area (Å²) in [5.74, 6) is -0.319. The Balaban J connectivity index is 1.38. The van der Waals surface area contributed by atoms with E-state index < -0.39 is 0 Å². The van der Waals surface area contributed by atoms with Gasteiger partial charge in [0.1, 0.15) is 5.82 Å². The van der Waals surface area contributed by atoms with Gasteiger partial charge in [0.05, 0.1) is 0 Å². The van der Waals surface area contributed by atoms with E-state index in [2.05, 4.69) is 34.2 Å². The van der Waals surface area contributed by atoms with Crippen LogP contribution in [0.5, 0.6) is 0 Å². The second-order valence-corrected chi connectivity index (χ2v) is 8.65. The Hall–Kier alpha value is -2.89. The molecule has 1 aliphatic rings. The molecule has 3 aromatic rings. The van der Waals surface area contributed by atoms with E-state index in [9.17, 15) is 9.18 Å². The van der Waals surface area contributed by atoms with E-state index in [1.54, 1.807) is 24.3 Å². The topological polar surface area (TPSA) is 35.6 Å². The van der Waals surface area contributed by atoms with Crippen molar-refractivity contribution in [1.29, 1.82) is 0 Å². The standard InChI is InChI=1S/C26H27ClFN3O/c1-19-17-31(15-14-30(19)18-20-6-12-24(28)13-7-20)25-5-3-2-4-22(25)16-29-26(32)21-8-10-23(27)11-9-21/h2-13,19H,14-18H2,1H3,(H,29,32). The summed E-state index contributed by atoms with van der Waals surface area (Å²) in [5, 5.41) is 3.63. The number of hydrogen-bond acceptors (Lipinski definition) is 3. The van der Waals surface area contributed by atoms with Gasteiger partial charge < -0.3 is 10.2 Å². The first-order valence-electron chi connectivity index (χ1n) is 10.8. The number of piperazine rings is 1. The molecular formula is C26H27ClFN3O. The van der Waals surface area contributed by atoms with E-state index in [-0.39, 0.29) is 11.7 Å². The summed E-state index contributed by atoms with van der Waals surface area (Å²) in [6, 6.07) is 22.2. The van der Waals surface area contributed by atoms with Crippen LogP contribution in [0.2, 0.25) is 5.02 Å². The van der Waals surface area contributed by atoms with Crippen LogP contribution in [0.25, 0.3) is 0 Å². The molecule has 1 amide bonds. The molecular weight excluding hydrogens is 425 g/mol. The third-order valence-corrected chi connectivity index (χ3v) is 6.19. The summed E-state index contributed by atoms with van der Waals surface area (Å²) in [6.07, 6.45) is 0. The molecule has 0 bridgehead atoms. The minimum atomic E-state index is -0.202. The molecule has 0 radical (unpaired) electrons. The van der Waals surface area contributed by atoms with Crippen LogP contribution in [-0.4, -0.2) is 36.5 Å². The highest BCUT2D eigenvalue weighted by atomic mass is 35.5. The van der Waals surface area contributed by atoms with Crippen molar-refractivity contribution in [2.75, 3.05) is 24.5 Å². The average Bonchev–Trinajstić information content (AvgIpc) is 2.81. The van der Waals surface area contributed by atoms with Gasteiger partial charge in [-0.05, 0) is 60.5 Å². The molecule has 1 N–H and O–H groups in total. The number of hydrogen-bond donors (Lipinski definition) is 1. The smallest absolute Gasteiger partial charge is 0.251 e. The van der Waals surface area contributed by atoms with E-state index in [0.717, 1.165) is 43.0 Å². The van der Waals surface area contributed by atoms with Gasteiger partial charge in [-0.1, -0.05) is 41.9 Å². The van der Waals surface area contributed by atoms with Crippen molar-refractivity contribution in [3.8, 4) is 0 Å². The van der Waals surface area contributed by atoms with Crippen LogP contribution in [0.1, 0.15) is 28.4 Å². The van der Waals surface area contributed by atoms with Crippen molar-refractivity contribution in [2.45, 2.75) is 26.1 Å². The monoisotopic (exact) mass is 451 g/mol. The Morgan fingerprint density at radius 1 is 1.03 bits per heavy atom. The van der Waals surface area contributed by atoms with Crippen LogP contribution in [0.15, 0.2) is 72.8 Å². The van der Waals surface area contributed by atoms with Gasteiger partial charge in [-0.15, -0.1) is 0 Å². The molecule has 1 atom stereocenters. The summed E-state index contributed by atoms with van der Waals surface area (Å²) in [6.45, 7) is 6.21. The Morgan fingerprint density at radius 3 is 2.47 bits per heavy atom. The molecule has 0 aliphatic carbocycles. The van der Waals surface area contributed by atoms with Crippen molar-refractivity contribution in [2.24, 2.45) is 0 Å². The van der Waals surface area contributed by atoms with Crippen LogP contribution < -0.4 is 10.2 Å². The SMILES string of the molecule is CC1CN(c2ccccc2CNC(=O)c2ccc(Cl)cc2)CCN1Cc1ccc(F)cc1. The fourth-order valence-corrected chi connectivity index (χ4v) is 4.25. The molecule has 1 heterocycles. The third-order valence-electron chi connectivity index (χ3n) is 5.94. The zero-order chi connectivity index (χ0) is 22.5. The van der Waals surface area contributed by atoms with E-state index >= 15 is 0 Å². The van der Waals surface area contributed by atoms with Crippen LogP contribution in [0.3, 0.4) is 0 Å². The van der Waals surface area contributed by atoms with Gasteiger partial charge in [0, 0.05) is 55.0 Å². The molecule has 4 nitrogen and oxygen atoms in total. The number of para-hydroxylation sites is 1. The first-order chi connectivity index (χ1) is 15.5. The highest BCUT2D eigenvalue weighted by molar-refractivity contribution is 6.30. The highest BCUT2D eigenvalue weighted by Crippen LogP contribution is 2.25. The normalized spacial score (nSPS) is 16.7. The van der Waals surface area contributed by atoms with Crippen molar-refractivity contribution in [1.82, 2.24) is 10.2 Å². The summed E-state index contributed by atoms with van der Waals surface area (Å²) >= 11 is 5.91. The predicted octanol–water partition coefficient (Wildman–Crippen LogP) is 5.12. The lowest BCUT2D eigenvalue weighted by Gasteiger charge is -2.41. The summed E-state index contributed by atoms with van der Waals surface area (Å²) in [5.41, 5.74) is 3.96. The van der Waals surface area contributed by atoms with E-state index in [0.29, 0.717) is 23.2 Å². The molecule has 32 heavy (non-hydrogen) atoms. The van der Waals surface area contributed by atoms with Crippen LogP contribution in [0.4, 0.5) is 10.1 Å². The third kappa shape index (κ3) is 5.47. The van der Waals surface area contributed by atoms with Gasteiger partial charge >= 0.3 is 0 Å². The molecule has 3 aromatic carbocycles. The van der Waals surface area contributed by atoms with Crippen molar-refractivity contribution in [3.05, 3.63) is 100 Å². The van der Waals surface area contributed by atoms with Crippen molar-refractivity contribution in [3.63, 3.8) is 0 Å². The molecule has 6 heteroatoms. The maximum Gasteiger partial charge on any atom is 0.251 e. The first kappa shape index (κ1) is 22.3. The van der Waals surface area contributed by atoms with E-state index in [4.69, 9.17) is 11.6 Å². The Labute approximate surface area is 193 Å². The number of carbonyl (C=O) groups excluding carboxylic acids is 1. The highest BCUT2D eigenvalue weighted by Gasteiger charge is 2.25. The maximum atomic E-state index is 13.2. The number of benzene rings is 3. The molecule has 0 aromatic heterocycles. The lowest BCUT2D eigenvalue weighted by molar-refractivity contribution is 0.0951. The minimum Gasteiger partial charge on any atom is -0.368 e. The van der Waals surface area contributed by atoms with Gasteiger partial charge in [-0.25, -0.2) is 4.39 Å². The zero-order valence-electron chi connectivity index (χ0n) is 18.1. The molecule has 0 saturated carbocycles. The van der Waals surface area contributed by atoms with Crippen LogP contribution >= 0.6 is 11.6 Å². The van der Waals surface area contributed by atoms with Crippen molar-refractivity contribution < 1.29 is 9.18 Å². The van der Waals surface area contributed by atoms with E-state index in [1.165, 1.54) is 12.1 Å². The fourth-order valence-electron chi connectivity index (χ4n) is 4.12. The fraction of sp³-hybridized carbons (Fsp3) is 0.269. The largest absolute Gasteiger partial charge is 0.368 e. The number of anilines is 1. The minimum absolute atomic E-state index is 0.117. The van der Waals surface area contributed by atoms with Gasteiger partial charge in [0.2, 0.25) is 0 Å². The Kier molecular flexibility index (Phi) is 7.08. The zero-order valence-corrected chi connectivity index (χ0v) is 18.9. The lowest BCUT2D eigenvalue weighted by atomic mass is 10.1. The van der Waals surface area contributed by atoms with Gasteiger partial charge in [0.15, 0.2) is 0 Å². The number of carbonyl (C=O) groups is 1. The second kappa shape index (κ2) is 10.2. The average molecular weight is 452 g/mol. The molecule has 1 aliphatic heterocycles. The van der Waals surface area contributed by atoms with Crippen LogP contribution in [-0.2, 0) is 13.1 Å². The Morgan fingerprint density at radius 2 is 1.75 bits per heavy atom. The number of rotatable bonds is 6. The Bertz CT molecular complexity index is 1060. The molecule has 4 rings (SSSR count).